The van der Waals surface area contributed by atoms with E-state index in [1.54, 1.807) is 18.2 Å². The van der Waals surface area contributed by atoms with Gasteiger partial charge in [-0.1, -0.05) is 30.7 Å². The molecule has 2 heterocycles. The van der Waals surface area contributed by atoms with Gasteiger partial charge in [0.2, 0.25) is 21.8 Å². The van der Waals surface area contributed by atoms with Crippen LogP contribution in [-0.4, -0.2) is 98.6 Å². The van der Waals surface area contributed by atoms with Crippen molar-refractivity contribution >= 4 is 44.6 Å². The van der Waals surface area contributed by atoms with Gasteiger partial charge in [-0.2, -0.15) is 0 Å². The van der Waals surface area contributed by atoms with E-state index >= 15 is 0 Å². The second kappa shape index (κ2) is 14.7. The lowest BCUT2D eigenvalue weighted by molar-refractivity contribution is -0.142. The molecule has 6 rings (SSSR count). The monoisotopic (exact) mass is 730 g/mol. The number of amides is 4. The molecule has 0 bridgehead atoms. The minimum Gasteiger partial charge on any atom is -0.494 e. The van der Waals surface area contributed by atoms with Crippen LogP contribution in [0.25, 0.3) is 10.8 Å². The van der Waals surface area contributed by atoms with Crippen LogP contribution >= 0.6 is 0 Å². The Morgan fingerprint density at radius 1 is 1.12 bits per heavy atom. The van der Waals surface area contributed by atoms with Crippen LogP contribution in [0, 0.1) is 17.7 Å². The van der Waals surface area contributed by atoms with Crippen LogP contribution < -0.4 is 24.8 Å². The first-order chi connectivity index (χ1) is 24.4. The number of carboxylic acid groups (broad SMARTS) is 1. The molecular formula is C35H43FN4O10S. The molecule has 0 spiro atoms. The summed E-state index contributed by atoms with van der Waals surface area (Å²) in [6, 6.07) is 5.41. The topological polar surface area (TPSA) is 190 Å². The number of sulfonamides is 1. The Labute approximate surface area is 295 Å². The molecule has 276 valence electrons. The van der Waals surface area contributed by atoms with Crippen LogP contribution in [-0.2, 0) is 29.1 Å². The zero-order valence-electron chi connectivity index (χ0n) is 28.4. The number of carbonyl (C=O) groups excluding carboxylic acids is 3. The molecule has 14 nitrogen and oxygen atoms in total. The van der Waals surface area contributed by atoms with Crippen LogP contribution in [0.2, 0.25) is 0 Å². The highest BCUT2D eigenvalue weighted by Gasteiger charge is 2.62. The van der Waals surface area contributed by atoms with Crippen molar-refractivity contribution in [3.63, 3.8) is 0 Å². The molecule has 1 saturated heterocycles. The standard InChI is InChI=1S/C35H43FN4O10S/c1-48-19-21-8-5-3-4-6-10-22-17-35(22,33(43)39-51(46,47)24-12-13-24)38-31(41)27-15-23(18-40(27)32(42)30(21)37-34(44)45)50-28-11-7-9-20-14-29(49-2)26(36)16-25(20)28/h6-7,9-11,14,16,21-24,27,30,37H,3-5,8,12-13,15,17-19H2,1-2H3,(H,38,41)(H,39,43)(H,44,45)/b10-6-/t21-,22+,23+,27-,30-,35+/m0/s1. The Kier molecular flexibility index (Phi) is 10.4. The Hall–Kier alpha value is -4.44. The molecule has 6 atom stereocenters. The van der Waals surface area contributed by atoms with Gasteiger partial charge in [-0.25, -0.2) is 17.6 Å². The molecule has 4 N–H and O–H groups in total. The molecule has 0 aromatic heterocycles. The summed E-state index contributed by atoms with van der Waals surface area (Å²) in [7, 11) is -1.11. The van der Waals surface area contributed by atoms with E-state index in [-0.39, 0.29) is 31.7 Å². The first-order valence-corrected chi connectivity index (χ1v) is 18.7. The van der Waals surface area contributed by atoms with Crippen LogP contribution in [0.15, 0.2) is 42.5 Å². The van der Waals surface area contributed by atoms with Gasteiger partial charge in [-0.3, -0.25) is 19.1 Å². The summed E-state index contributed by atoms with van der Waals surface area (Å²) in [5, 5.41) is 15.3. The van der Waals surface area contributed by atoms with E-state index in [0.717, 1.165) is 0 Å². The van der Waals surface area contributed by atoms with Crippen molar-refractivity contribution in [3.8, 4) is 11.5 Å². The number of benzene rings is 2. The summed E-state index contributed by atoms with van der Waals surface area (Å²) in [5.41, 5.74) is -1.56. The number of nitrogens with one attached hydrogen (secondary N) is 3. The lowest BCUT2D eigenvalue weighted by Crippen LogP contribution is -2.59. The van der Waals surface area contributed by atoms with Gasteiger partial charge in [0.05, 0.1) is 25.5 Å². The van der Waals surface area contributed by atoms with Crippen molar-refractivity contribution in [3.05, 3.63) is 48.3 Å². The molecule has 16 heteroatoms. The summed E-state index contributed by atoms with van der Waals surface area (Å²) in [6.07, 6.45) is 4.84. The quantitative estimate of drug-likeness (QED) is 0.279. The molecule has 4 aliphatic rings. The maximum absolute atomic E-state index is 14.8. The summed E-state index contributed by atoms with van der Waals surface area (Å²) in [6.45, 7) is -0.0644. The Morgan fingerprint density at radius 2 is 1.90 bits per heavy atom. The molecule has 51 heavy (non-hydrogen) atoms. The van der Waals surface area contributed by atoms with Gasteiger partial charge >= 0.3 is 6.09 Å². The first-order valence-electron chi connectivity index (χ1n) is 17.1. The number of halogens is 1. The van der Waals surface area contributed by atoms with Gasteiger partial charge < -0.3 is 34.9 Å². The van der Waals surface area contributed by atoms with Crippen molar-refractivity contribution in [1.29, 1.82) is 0 Å². The van der Waals surface area contributed by atoms with Crippen molar-refractivity contribution in [1.82, 2.24) is 20.3 Å². The molecule has 2 aromatic rings. The lowest BCUT2D eigenvalue weighted by atomic mass is 9.92. The number of allylic oxidation sites excluding steroid dienone is 1. The minimum absolute atomic E-state index is 0.0485. The minimum atomic E-state index is -3.93. The van der Waals surface area contributed by atoms with Gasteiger partial charge in [-0.15, -0.1) is 0 Å². The smallest absolute Gasteiger partial charge is 0.405 e. The van der Waals surface area contributed by atoms with E-state index in [1.165, 1.54) is 31.3 Å². The molecule has 2 saturated carbocycles. The van der Waals surface area contributed by atoms with Crippen molar-refractivity contribution in [2.75, 3.05) is 27.4 Å². The van der Waals surface area contributed by atoms with Crippen LogP contribution in [0.4, 0.5) is 9.18 Å². The highest BCUT2D eigenvalue weighted by Crippen LogP contribution is 2.46. The fraction of sp³-hybridized carbons (Fsp3) is 0.543. The Balaban J connectivity index is 1.34. The number of hydrogen-bond acceptors (Lipinski definition) is 9. The van der Waals surface area contributed by atoms with Crippen molar-refractivity contribution in [2.24, 2.45) is 11.8 Å². The van der Waals surface area contributed by atoms with Crippen LogP contribution in [0.3, 0.4) is 0 Å². The van der Waals surface area contributed by atoms with Crippen molar-refractivity contribution < 1.29 is 51.3 Å². The molecule has 0 radical (unpaired) electrons. The molecule has 2 aliphatic carbocycles. The predicted octanol–water partition coefficient (Wildman–Crippen LogP) is 2.85. The van der Waals surface area contributed by atoms with E-state index < -0.39 is 80.5 Å². The number of carbonyl (C=O) groups is 4. The number of rotatable bonds is 9. The summed E-state index contributed by atoms with van der Waals surface area (Å²) in [5.74, 6) is -3.55. The van der Waals surface area contributed by atoms with Gasteiger partial charge in [-0.05, 0) is 62.1 Å². The van der Waals surface area contributed by atoms with Crippen molar-refractivity contribution in [2.45, 2.75) is 80.3 Å². The highest BCUT2D eigenvalue weighted by molar-refractivity contribution is 7.91. The van der Waals surface area contributed by atoms with E-state index in [4.69, 9.17) is 14.2 Å². The Bertz CT molecular complexity index is 1840. The van der Waals surface area contributed by atoms with Gasteiger partial charge in [0.25, 0.3) is 5.91 Å². The molecule has 0 unspecified atom stereocenters. The third-order valence-electron chi connectivity index (χ3n) is 10.2. The Morgan fingerprint density at radius 3 is 2.61 bits per heavy atom. The number of fused-ring (bicyclic) bond motifs is 3. The largest absolute Gasteiger partial charge is 0.494 e. The maximum Gasteiger partial charge on any atom is 0.405 e. The fourth-order valence-electron chi connectivity index (χ4n) is 7.21. The third kappa shape index (κ3) is 7.76. The second-order valence-corrected chi connectivity index (χ2v) is 15.7. The van der Waals surface area contributed by atoms with Gasteiger partial charge in [0.15, 0.2) is 11.6 Å². The van der Waals surface area contributed by atoms with E-state index in [2.05, 4.69) is 15.4 Å². The summed E-state index contributed by atoms with van der Waals surface area (Å²) < 4.78 is 59.3. The first kappa shape index (κ1) is 36.4. The average Bonchev–Trinajstić information content (AvgIpc) is 4.01. The third-order valence-corrected chi connectivity index (χ3v) is 12.0. The maximum atomic E-state index is 14.8. The molecular weight excluding hydrogens is 687 g/mol. The molecule has 2 aliphatic heterocycles. The predicted molar refractivity (Wildman–Crippen MR) is 182 cm³/mol. The van der Waals surface area contributed by atoms with Crippen LogP contribution in [0.5, 0.6) is 11.5 Å². The fourth-order valence-corrected chi connectivity index (χ4v) is 8.58. The molecule has 4 amide bonds. The van der Waals surface area contributed by atoms with Crippen LogP contribution in [0.1, 0.15) is 51.4 Å². The SMILES string of the molecule is COC[C@@H]1CCCC/C=C\[C@@H]2C[C@@]2(C(=O)NS(=O)(=O)C2CC2)NC(=O)[C@@H]2C[C@@H](Oc3cccc4cc(OC)c(F)cc34)CN2C(=O)[C@H]1NC(=O)O. The van der Waals surface area contributed by atoms with E-state index in [0.29, 0.717) is 55.0 Å². The number of nitrogens with zero attached hydrogens (tertiary/aromatic N) is 1. The second-order valence-electron chi connectivity index (χ2n) is 13.7. The number of methoxy groups -OCH3 is 2. The normalized spacial score (nSPS) is 29.1. The van der Waals surface area contributed by atoms with E-state index in [1.807, 2.05) is 12.2 Å². The highest BCUT2D eigenvalue weighted by atomic mass is 32.2. The zero-order chi connectivity index (χ0) is 36.5. The average molecular weight is 731 g/mol. The van der Waals surface area contributed by atoms with Gasteiger partial charge in [0, 0.05) is 30.8 Å². The molecule has 2 aromatic carbocycles. The number of hydrogen-bond donors (Lipinski definition) is 4. The van der Waals surface area contributed by atoms with Gasteiger partial charge in [0.1, 0.15) is 29.5 Å². The lowest BCUT2D eigenvalue weighted by Gasteiger charge is -2.32. The summed E-state index contributed by atoms with van der Waals surface area (Å²) >= 11 is 0. The van der Waals surface area contributed by atoms with E-state index in [9.17, 15) is 37.1 Å². The number of ether oxygens (including phenoxy) is 3. The molecule has 3 fully saturated rings. The summed E-state index contributed by atoms with van der Waals surface area (Å²) in [4.78, 5) is 55.5. The zero-order valence-corrected chi connectivity index (χ0v) is 29.2.